The zero-order valence-corrected chi connectivity index (χ0v) is 22.6. The molecule has 1 aliphatic heterocycles. The van der Waals surface area contributed by atoms with Crippen molar-refractivity contribution in [1.82, 2.24) is 5.32 Å². The number of esters is 2. The number of methoxy groups -OCH3 is 1. The van der Waals surface area contributed by atoms with E-state index in [4.69, 9.17) is 19.9 Å². The molecule has 8 heteroatoms. The van der Waals surface area contributed by atoms with Gasteiger partial charge in [0, 0.05) is 32.7 Å². The number of nitrogens with one attached hydrogen (secondary N) is 1. The highest BCUT2D eigenvalue weighted by Gasteiger charge is 2.37. The first-order chi connectivity index (χ1) is 18.2. The first-order valence-corrected chi connectivity index (χ1v) is 13.6. The summed E-state index contributed by atoms with van der Waals surface area (Å²) in [6.45, 7) is 3.43. The molecule has 3 aliphatic rings. The lowest BCUT2D eigenvalue weighted by Crippen LogP contribution is -2.38. The van der Waals surface area contributed by atoms with Gasteiger partial charge in [0.05, 0.1) is 12.9 Å². The van der Waals surface area contributed by atoms with Gasteiger partial charge in [-0.3, -0.25) is 9.59 Å². The standard InChI is InChI=1S/C30H40N2O6/c1-18(33)37-24(16-28(38-19(2)34)25-10-7-20-5-4-6-21(25)13-20)9-8-22-14-29(36-3)27(35)17-26(22)23-11-12-32-30(31)15-23/h7,10-11,14-15,17,20-21,24-25,28,32,35H,4-6,8-9,12-13,16,31H2,1-3H3. The van der Waals surface area contributed by atoms with Gasteiger partial charge in [-0.25, -0.2) is 0 Å². The molecule has 2 aliphatic carbocycles. The second-order valence-corrected chi connectivity index (χ2v) is 10.6. The fraction of sp³-hybridized carbons (Fsp3) is 0.533. The number of phenols is 1. The van der Waals surface area contributed by atoms with Gasteiger partial charge in [0.1, 0.15) is 12.2 Å². The second kappa shape index (κ2) is 12.4. The summed E-state index contributed by atoms with van der Waals surface area (Å²) in [5.74, 6) is 1.47. The summed E-state index contributed by atoms with van der Waals surface area (Å²) in [4.78, 5) is 24.2. The Morgan fingerprint density at radius 2 is 1.95 bits per heavy atom. The van der Waals surface area contributed by atoms with Crippen LogP contribution in [-0.2, 0) is 25.5 Å². The molecule has 2 bridgehead atoms. The molecule has 5 unspecified atom stereocenters. The number of aromatic hydroxyl groups is 1. The Bertz CT molecular complexity index is 1120. The van der Waals surface area contributed by atoms with Gasteiger partial charge in [0.15, 0.2) is 11.5 Å². The van der Waals surface area contributed by atoms with Crippen LogP contribution in [0.25, 0.3) is 5.57 Å². The maximum absolute atomic E-state index is 12.1. The minimum Gasteiger partial charge on any atom is -0.504 e. The largest absolute Gasteiger partial charge is 0.504 e. The van der Waals surface area contributed by atoms with Crippen molar-refractivity contribution in [3.8, 4) is 11.5 Å². The molecule has 1 aromatic carbocycles. The van der Waals surface area contributed by atoms with Crippen LogP contribution in [0.2, 0.25) is 0 Å². The van der Waals surface area contributed by atoms with E-state index in [1.54, 1.807) is 6.07 Å². The maximum Gasteiger partial charge on any atom is 0.302 e. The average Bonchev–Trinajstić information content (AvgIpc) is 2.87. The van der Waals surface area contributed by atoms with Crippen molar-refractivity contribution in [2.45, 2.75) is 71.0 Å². The van der Waals surface area contributed by atoms with Crippen molar-refractivity contribution < 1.29 is 28.9 Å². The molecule has 206 valence electrons. The number of fused-ring (bicyclic) bond motifs is 2. The quantitative estimate of drug-likeness (QED) is 0.305. The number of benzene rings is 1. The second-order valence-electron chi connectivity index (χ2n) is 10.6. The molecule has 0 amide bonds. The molecule has 1 heterocycles. The summed E-state index contributed by atoms with van der Waals surface area (Å²) in [7, 11) is 1.51. The first kappa shape index (κ1) is 27.6. The topological polar surface area (TPSA) is 120 Å². The normalized spacial score (nSPS) is 23.8. The maximum atomic E-state index is 12.1. The van der Waals surface area contributed by atoms with E-state index in [-0.39, 0.29) is 29.7 Å². The average molecular weight is 525 g/mol. The number of aryl methyl sites for hydroxylation is 1. The smallest absolute Gasteiger partial charge is 0.302 e. The molecular formula is C30H40N2O6. The van der Waals surface area contributed by atoms with E-state index < -0.39 is 6.10 Å². The molecule has 1 aromatic rings. The van der Waals surface area contributed by atoms with E-state index >= 15 is 0 Å². The molecule has 38 heavy (non-hydrogen) atoms. The van der Waals surface area contributed by atoms with Crippen molar-refractivity contribution >= 4 is 17.5 Å². The number of nitrogens with two attached hydrogens (primary N) is 1. The molecule has 0 saturated heterocycles. The zero-order valence-electron chi connectivity index (χ0n) is 22.6. The number of dihydropyridines is 1. The monoisotopic (exact) mass is 524 g/mol. The van der Waals surface area contributed by atoms with E-state index in [2.05, 4.69) is 17.5 Å². The molecule has 4 rings (SSSR count). The van der Waals surface area contributed by atoms with Crippen LogP contribution < -0.4 is 15.8 Å². The summed E-state index contributed by atoms with van der Waals surface area (Å²) in [5.41, 5.74) is 8.68. The van der Waals surface area contributed by atoms with Crippen LogP contribution in [0.1, 0.15) is 63.5 Å². The summed E-state index contributed by atoms with van der Waals surface area (Å²) in [6.07, 6.45) is 13.7. The number of phenolic OH excluding ortho intramolecular Hbond substituents is 1. The molecule has 0 spiro atoms. The molecule has 1 saturated carbocycles. The highest BCUT2D eigenvalue weighted by atomic mass is 16.6. The number of rotatable bonds is 10. The van der Waals surface area contributed by atoms with Gasteiger partial charge in [0.25, 0.3) is 0 Å². The van der Waals surface area contributed by atoms with Gasteiger partial charge >= 0.3 is 11.9 Å². The van der Waals surface area contributed by atoms with Gasteiger partial charge in [-0.1, -0.05) is 24.6 Å². The van der Waals surface area contributed by atoms with Crippen molar-refractivity contribution in [2.24, 2.45) is 23.5 Å². The van der Waals surface area contributed by atoms with Crippen molar-refractivity contribution in [3.05, 3.63) is 53.4 Å². The van der Waals surface area contributed by atoms with Gasteiger partial charge in [-0.05, 0) is 78.8 Å². The minimum absolute atomic E-state index is 0.0407. The number of hydrogen-bond donors (Lipinski definition) is 3. The SMILES string of the molecule is COc1cc(CCC(CC(OC(C)=O)C2C=CC3CCCC2C3)OC(C)=O)c(C2=CCNC(N)=C2)cc1O. The predicted molar refractivity (Wildman–Crippen MR) is 145 cm³/mol. The van der Waals surface area contributed by atoms with E-state index in [1.807, 2.05) is 18.2 Å². The van der Waals surface area contributed by atoms with Gasteiger partial charge in [-0.15, -0.1) is 0 Å². The Kier molecular flexibility index (Phi) is 9.02. The fourth-order valence-corrected chi connectivity index (χ4v) is 6.19. The Morgan fingerprint density at radius 1 is 1.16 bits per heavy atom. The Morgan fingerprint density at radius 3 is 2.66 bits per heavy atom. The lowest BCUT2D eigenvalue weighted by molar-refractivity contribution is -0.156. The minimum atomic E-state index is -0.443. The summed E-state index contributed by atoms with van der Waals surface area (Å²) in [5, 5.41) is 13.5. The lowest BCUT2D eigenvalue weighted by Gasteiger charge is -2.40. The van der Waals surface area contributed by atoms with Crippen molar-refractivity contribution in [3.63, 3.8) is 0 Å². The van der Waals surface area contributed by atoms with Gasteiger partial charge in [0.2, 0.25) is 0 Å². The number of carbonyl (C=O) groups excluding carboxylic acids is 2. The Balaban J connectivity index is 1.57. The van der Waals surface area contributed by atoms with Crippen molar-refractivity contribution in [2.75, 3.05) is 13.7 Å². The third kappa shape index (κ3) is 6.91. The summed E-state index contributed by atoms with van der Waals surface area (Å²) >= 11 is 0. The first-order valence-electron chi connectivity index (χ1n) is 13.6. The van der Waals surface area contributed by atoms with Crippen LogP contribution in [0.5, 0.6) is 11.5 Å². The molecule has 1 fully saturated rings. The summed E-state index contributed by atoms with van der Waals surface area (Å²) in [6, 6.07) is 3.50. The third-order valence-corrected chi connectivity index (χ3v) is 7.87. The molecule has 0 radical (unpaired) electrons. The van der Waals surface area contributed by atoms with Gasteiger partial charge in [-0.2, -0.15) is 0 Å². The molecule has 0 aromatic heterocycles. The third-order valence-electron chi connectivity index (χ3n) is 7.87. The van der Waals surface area contributed by atoms with Crippen LogP contribution in [0.4, 0.5) is 0 Å². The lowest BCUT2D eigenvalue weighted by atomic mass is 9.68. The van der Waals surface area contributed by atoms with Crippen LogP contribution in [0, 0.1) is 17.8 Å². The van der Waals surface area contributed by atoms with Crippen LogP contribution >= 0.6 is 0 Å². The molecular weight excluding hydrogens is 484 g/mol. The summed E-state index contributed by atoms with van der Waals surface area (Å²) < 4.78 is 17.0. The van der Waals surface area contributed by atoms with E-state index in [1.165, 1.54) is 33.8 Å². The number of hydrogen-bond acceptors (Lipinski definition) is 8. The zero-order chi connectivity index (χ0) is 27.2. The van der Waals surface area contributed by atoms with Crippen LogP contribution in [0.15, 0.2) is 42.3 Å². The van der Waals surface area contributed by atoms with Crippen LogP contribution in [-0.4, -0.2) is 42.9 Å². The Hall–Kier alpha value is -3.42. The van der Waals surface area contributed by atoms with E-state index in [0.29, 0.717) is 49.2 Å². The molecule has 5 atom stereocenters. The molecule has 4 N–H and O–H groups in total. The number of carbonyl (C=O) groups is 2. The van der Waals surface area contributed by atoms with Crippen LogP contribution in [0.3, 0.4) is 0 Å². The highest BCUT2D eigenvalue weighted by Crippen LogP contribution is 2.42. The number of ether oxygens (including phenoxy) is 3. The fourth-order valence-electron chi connectivity index (χ4n) is 6.19. The predicted octanol–water partition coefficient (Wildman–Crippen LogP) is 4.37. The van der Waals surface area contributed by atoms with E-state index in [9.17, 15) is 14.7 Å². The van der Waals surface area contributed by atoms with E-state index in [0.717, 1.165) is 29.5 Å². The van der Waals surface area contributed by atoms with Gasteiger partial charge < -0.3 is 30.4 Å². The number of allylic oxidation sites excluding steroid dienone is 3. The van der Waals surface area contributed by atoms with Crippen molar-refractivity contribution in [1.29, 1.82) is 0 Å². The Labute approximate surface area is 224 Å². The highest BCUT2D eigenvalue weighted by molar-refractivity contribution is 5.79. The molecule has 8 nitrogen and oxygen atoms in total.